The molecule has 3 heteroatoms. The molecular formula is C38H25N3. The average molecular weight is 524 g/mol. The molecule has 9 rings (SSSR count). The van der Waals surface area contributed by atoms with Gasteiger partial charge in [-0.05, 0) is 76.7 Å². The molecule has 0 bridgehead atoms. The Labute approximate surface area is 238 Å². The fourth-order valence-electron chi connectivity index (χ4n) is 7.12. The van der Waals surface area contributed by atoms with E-state index < -0.39 is 0 Å². The highest BCUT2D eigenvalue weighted by molar-refractivity contribution is 6.18. The van der Waals surface area contributed by atoms with Gasteiger partial charge in [0.25, 0.3) is 0 Å². The summed E-state index contributed by atoms with van der Waals surface area (Å²) in [6.45, 7) is 4.48. The lowest BCUT2D eigenvalue weighted by Gasteiger charge is -2.34. The monoisotopic (exact) mass is 523 g/mol. The van der Waals surface area contributed by atoms with Gasteiger partial charge in [0.1, 0.15) is 0 Å². The zero-order chi connectivity index (χ0) is 27.2. The summed E-state index contributed by atoms with van der Waals surface area (Å²) in [4.78, 5) is 11.8. The fraction of sp³-hybridized carbons (Fsp3) is 0.0526. The summed E-state index contributed by atoms with van der Waals surface area (Å²) in [5.41, 5.74) is 15.5. The Morgan fingerprint density at radius 1 is 0.463 bits per heavy atom. The second-order valence-electron chi connectivity index (χ2n) is 11.1. The Hall–Kier alpha value is -5.28. The van der Waals surface area contributed by atoms with Crippen LogP contribution in [-0.2, 0) is 0 Å². The Bertz CT molecular complexity index is 2210. The molecule has 2 aliphatic rings. The van der Waals surface area contributed by atoms with Crippen molar-refractivity contribution < 1.29 is 0 Å². The van der Waals surface area contributed by atoms with Crippen molar-refractivity contribution in [1.82, 2.24) is 9.97 Å². The number of aromatic nitrogens is 2. The smallest absolute Gasteiger partial charge is 0.0971 e. The molecule has 2 heterocycles. The minimum Gasteiger partial charge on any atom is -0.309 e. The van der Waals surface area contributed by atoms with Gasteiger partial charge in [0.15, 0.2) is 0 Å². The van der Waals surface area contributed by atoms with E-state index in [1.54, 1.807) is 12.4 Å². The van der Waals surface area contributed by atoms with E-state index in [1.165, 1.54) is 83.1 Å². The van der Waals surface area contributed by atoms with Crippen LogP contribution in [-0.4, -0.2) is 9.97 Å². The predicted molar refractivity (Wildman–Crippen MR) is 170 cm³/mol. The van der Waals surface area contributed by atoms with Crippen molar-refractivity contribution in [3.8, 4) is 44.8 Å². The summed E-state index contributed by atoms with van der Waals surface area (Å²) in [5, 5.41) is 5.07. The van der Waals surface area contributed by atoms with Crippen LogP contribution < -0.4 is 4.90 Å². The van der Waals surface area contributed by atoms with Crippen LogP contribution in [0.25, 0.3) is 66.3 Å². The topological polar surface area (TPSA) is 29.0 Å². The van der Waals surface area contributed by atoms with Crippen molar-refractivity contribution in [2.45, 2.75) is 13.8 Å². The summed E-state index contributed by atoms with van der Waals surface area (Å²) in [6, 6.07) is 37.9. The van der Waals surface area contributed by atoms with Gasteiger partial charge in [-0.2, -0.15) is 0 Å². The summed E-state index contributed by atoms with van der Waals surface area (Å²) >= 11 is 0. The molecule has 41 heavy (non-hydrogen) atoms. The van der Waals surface area contributed by atoms with Gasteiger partial charge in [-0.1, -0.05) is 78.9 Å². The Morgan fingerprint density at radius 2 is 1.12 bits per heavy atom. The molecule has 6 aromatic carbocycles. The quantitative estimate of drug-likeness (QED) is 0.226. The summed E-state index contributed by atoms with van der Waals surface area (Å²) in [7, 11) is 0. The molecular weight excluding hydrogens is 498 g/mol. The van der Waals surface area contributed by atoms with Crippen LogP contribution in [0.3, 0.4) is 0 Å². The number of hydrogen-bond donors (Lipinski definition) is 0. The van der Waals surface area contributed by atoms with Gasteiger partial charge < -0.3 is 4.90 Å². The van der Waals surface area contributed by atoms with E-state index in [2.05, 4.69) is 132 Å². The van der Waals surface area contributed by atoms with Crippen LogP contribution in [0.2, 0.25) is 0 Å². The van der Waals surface area contributed by atoms with Crippen molar-refractivity contribution in [2.75, 3.05) is 4.90 Å². The lowest BCUT2D eigenvalue weighted by molar-refractivity contribution is 1.23. The second-order valence-corrected chi connectivity index (χ2v) is 11.1. The lowest BCUT2D eigenvalue weighted by atomic mass is 9.89. The standard InChI is InChI=1S/C38H25N3/c1-22-21-34(41-32-14-4-3-10-26(32)28-11-5-8-24-9-6-15-33(41)35(24)28)23(2)20-31(22)25-16-17-30-36-27(25)12-7-13-29(36)37-38(30)40-19-18-39-37/h3-21H,1-2H3. The van der Waals surface area contributed by atoms with Crippen molar-refractivity contribution in [2.24, 2.45) is 0 Å². The van der Waals surface area contributed by atoms with E-state index in [4.69, 9.17) is 0 Å². The van der Waals surface area contributed by atoms with E-state index >= 15 is 0 Å². The Kier molecular flexibility index (Phi) is 4.46. The average Bonchev–Trinajstić information content (AvgIpc) is 3.34. The first kappa shape index (κ1) is 22.5. The van der Waals surface area contributed by atoms with Gasteiger partial charge in [0.05, 0.1) is 22.8 Å². The molecule has 0 N–H and O–H groups in total. The van der Waals surface area contributed by atoms with Gasteiger partial charge in [-0.3, -0.25) is 9.97 Å². The van der Waals surface area contributed by atoms with Crippen molar-refractivity contribution in [3.63, 3.8) is 0 Å². The number of anilines is 3. The molecule has 0 unspecified atom stereocenters. The molecule has 1 aliphatic carbocycles. The molecule has 0 radical (unpaired) electrons. The molecule has 1 aromatic heterocycles. The second kappa shape index (κ2) is 8.12. The maximum Gasteiger partial charge on any atom is 0.0971 e. The normalized spacial score (nSPS) is 12.6. The molecule has 0 spiro atoms. The summed E-state index contributed by atoms with van der Waals surface area (Å²) in [5.74, 6) is 0. The first-order valence-electron chi connectivity index (χ1n) is 14.1. The van der Waals surface area contributed by atoms with Crippen molar-refractivity contribution >= 4 is 38.6 Å². The maximum absolute atomic E-state index is 4.68. The van der Waals surface area contributed by atoms with Crippen LogP contribution in [0, 0.1) is 13.8 Å². The highest BCUT2D eigenvalue weighted by atomic mass is 15.2. The number of fused-ring (bicyclic) bond motifs is 5. The van der Waals surface area contributed by atoms with E-state index in [0.29, 0.717) is 0 Å². The third kappa shape index (κ3) is 2.98. The lowest BCUT2D eigenvalue weighted by Crippen LogP contribution is -2.16. The highest BCUT2D eigenvalue weighted by Gasteiger charge is 2.28. The number of rotatable bonds is 2. The van der Waals surface area contributed by atoms with E-state index in [-0.39, 0.29) is 0 Å². The summed E-state index contributed by atoms with van der Waals surface area (Å²) < 4.78 is 0. The SMILES string of the molecule is Cc1cc(N2c3ccccc3-c3cccc4cccc2c34)c(C)cc1-c1ccc2c3c(cccc13)-c1nccnc1-2. The number of aryl methyl sites for hydroxylation is 2. The summed E-state index contributed by atoms with van der Waals surface area (Å²) in [6.07, 6.45) is 3.57. The van der Waals surface area contributed by atoms with Crippen LogP contribution in [0.5, 0.6) is 0 Å². The third-order valence-electron chi connectivity index (χ3n) is 8.88. The highest BCUT2D eigenvalue weighted by Crippen LogP contribution is 2.52. The number of nitrogens with zero attached hydrogens (tertiary/aromatic N) is 3. The maximum atomic E-state index is 4.68. The minimum atomic E-state index is 0.978. The Balaban J connectivity index is 1.26. The minimum absolute atomic E-state index is 0.978. The van der Waals surface area contributed by atoms with Gasteiger partial charge in [-0.25, -0.2) is 0 Å². The van der Waals surface area contributed by atoms with Crippen LogP contribution in [0.15, 0.2) is 116 Å². The molecule has 0 amide bonds. The van der Waals surface area contributed by atoms with E-state index in [1.807, 2.05) is 0 Å². The van der Waals surface area contributed by atoms with Gasteiger partial charge in [0, 0.05) is 45.5 Å². The molecule has 3 nitrogen and oxygen atoms in total. The predicted octanol–water partition coefficient (Wildman–Crippen LogP) is 10.2. The number of para-hydroxylation sites is 1. The van der Waals surface area contributed by atoms with E-state index in [0.717, 1.165) is 11.4 Å². The van der Waals surface area contributed by atoms with Crippen LogP contribution in [0.4, 0.5) is 17.1 Å². The van der Waals surface area contributed by atoms with Crippen molar-refractivity contribution in [3.05, 3.63) is 127 Å². The van der Waals surface area contributed by atoms with Gasteiger partial charge in [-0.15, -0.1) is 0 Å². The van der Waals surface area contributed by atoms with E-state index in [9.17, 15) is 0 Å². The van der Waals surface area contributed by atoms with Gasteiger partial charge >= 0.3 is 0 Å². The number of benzene rings is 6. The van der Waals surface area contributed by atoms with Crippen molar-refractivity contribution in [1.29, 1.82) is 0 Å². The molecule has 192 valence electrons. The fourth-order valence-corrected chi connectivity index (χ4v) is 7.12. The zero-order valence-corrected chi connectivity index (χ0v) is 22.8. The third-order valence-corrected chi connectivity index (χ3v) is 8.88. The molecule has 0 saturated carbocycles. The Morgan fingerprint density at radius 3 is 1.98 bits per heavy atom. The first-order valence-corrected chi connectivity index (χ1v) is 14.1. The molecule has 0 fully saturated rings. The number of hydrogen-bond acceptors (Lipinski definition) is 3. The molecule has 1 aliphatic heterocycles. The van der Waals surface area contributed by atoms with Crippen LogP contribution in [0.1, 0.15) is 11.1 Å². The van der Waals surface area contributed by atoms with Gasteiger partial charge in [0.2, 0.25) is 0 Å². The molecule has 0 atom stereocenters. The molecule has 7 aromatic rings. The largest absolute Gasteiger partial charge is 0.309 e. The first-order chi connectivity index (χ1) is 20.2. The zero-order valence-electron chi connectivity index (χ0n) is 22.8. The molecule has 0 saturated heterocycles. The van der Waals surface area contributed by atoms with Crippen LogP contribution >= 0.6 is 0 Å².